The van der Waals surface area contributed by atoms with Crippen molar-refractivity contribution in [1.29, 1.82) is 0 Å². The van der Waals surface area contributed by atoms with Crippen LogP contribution in [-0.4, -0.2) is 178 Å². The summed E-state index contributed by atoms with van der Waals surface area (Å²) in [5.74, 6) is -2.34. The van der Waals surface area contributed by atoms with Crippen LogP contribution in [0.3, 0.4) is 0 Å². The first-order chi connectivity index (χ1) is 25.7. The van der Waals surface area contributed by atoms with Gasteiger partial charge in [0, 0.05) is 17.7 Å². The van der Waals surface area contributed by atoms with Crippen molar-refractivity contribution in [2.24, 2.45) is 0 Å². The smallest absolute Gasteiger partial charge is 0.239 e. The van der Waals surface area contributed by atoms with Gasteiger partial charge in [-0.3, -0.25) is 4.79 Å². The van der Waals surface area contributed by atoms with Crippen molar-refractivity contribution in [3.63, 3.8) is 0 Å². The number of aliphatic hydroxyl groups is 11. The second-order valence-electron chi connectivity index (χ2n) is 12.9. The van der Waals surface area contributed by atoms with E-state index in [0.717, 1.165) is 12.1 Å². The number of hydrogen-bond donors (Lipinski definition) is 13. The van der Waals surface area contributed by atoms with Gasteiger partial charge in [-0.1, -0.05) is 0 Å². The maximum Gasteiger partial charge on any atom is 0.239 e. The van der Waals surface area contributed by atoms with Gasteiger partial charge in [0.1, 0.15) is 95.4 Å². The van der Waals surface area contributed by atoms with Crippen LogP contribution in [0.5, 0.6) is 23.0 Å². The maximum absolute atomic E-state index is 14.0. The minimum atomic E-state index is -1.94. The molecule has 15 atom stereocenters. The molecule has 3 aliphatic rings. The molecule has 54 heavy (non-hydrogen) atoms. The van der Waals surface area contributed by atoms with Crippen molar-refractivity contribution in [3.8, 4) is 34.3 Å². The van der Waals surface area contributed by atoms with Gasteiger partial charge in [-0.05, 0) is 24.3 Å². The SMILES string of the molecule is O=c1c(O[C@@H]2O[C@H](CO)[C@@H](O)[C@H](O)[C@H]2O)c(-c2ccc(O)cc2)oc2cc(O[C@@H]3O[C@H](CO)[C@@H](O)[C@H](O)[C@H]3O[C@@H]3O[C@H](CO)[C@@H](O)[C@H](O)[C@H]3O)cc(O)c12. The van der Waals surface area contributed by atoms with Crippen LogP contribution in [0.4, 0.5) is 0 Å². The molecule has 3 fully saturated rings. The second-order valence-corrected chi connectivity index (χ2v) is 12.9. The summed E-state index contributed by atoms with van der Waals surface area (Å²) in [4.78, 5) is 14.0. The Bertz CT molecular complexity index is 1800. The van der Waals surface area contributed by atoms with E-state index in [1.165, 1.54) is 24.3 Å². The third kappa shape index (κ3) is 7.45. The molecule has 1 aromatic heterocycles. The van der Waals surface area contributed by atoms with Gasteiger partial charge in [0.15, 0.2) is 18.2 Å². The highest BCUT2D eigenvalue weighted by atomic mass is 16.8. The Kier molecular flexibility index (Phi) is 11.9. The van der Waals surface area contributed by atoms with Gasteiger partial charge in [0.05, 0.1) is 19.8 Å². The molecule has 21 heteroatoms. The number of aromatic hydroxyl groups is 2. The van der Waals surface area contributed by atoms with E-state index in [1.54, 1.807) is 0 Å². The highest BCUT2D eigenvalue weighted by Crippen LogP contribution is 2.39. The fraction of sp³-hybridized carbons (Fsp3) is 0.545. The number of phenolic OH excluding ortho intramolecular Hbond substituents is 2. The van der Waals surface area contributed by atoms with E-state index in [2.05, 4.69) is 0 Å². The lowest BCUT2D eigenvalue weighted by atomic mass is 9.97. The molecule has 3 aliphatic heterocycles. The van der Waals surface area contributed by atoms with Crippen LogP contribution in [0.1, 0.15) is 0 Å². The van der Waals surface area contributed by atoms with Crippen LogP contribution < -0.4 is 14.9 Å². The van der Waals surface area contributed by atoms with Crippen molar-refractivity contribution in [3.05, 3.63) is 46.6 Å². The van der Waals surface area contributed by atoms with E-state index in [9.17, 15) is 71.2 Å². The first-order valence-corrected chi connectivity index (χ1v) is 16.5. The molecule has 0 saturated carbocycles. The van der Waals surface area contributed by atoms with Crippen LogP contribution in [0.25, 0.3) is 22.3 Å². The summed E-state index contributed by atoms with van der Waals surface area (Å²) in [7, 11) is 0. The minimum Gasteiger partial charge on any atom is -0.508 e. The van der Waals surface area contributed by atoms with Crippen molar-refractivity contribution in [2.45, 2.75) is 92.1 Å². The molecule has 21 nitrogen and oxygen atoms in total. The Balaban J connectivity index is 1.38. The average Bonchev–Trinajstić information content (AvgIpc) is 3.15. The highest BCUT2D eigenvalue weighted by Gasteiger charge is 2.51. The zero-order chi connectivity index (χ0) is 39.2. The molecule has 0 spiro atoms. The largest absolute Gasteiger partial charge is 0.508 e. The number of benzene rings is 2. The molecule has 3 saturated heterocycles. The Morgan fingerprint density at radius 3 is 1.69 bits per heavy atom. The van der Waals surface area contributed by atoms with Gasteiger partial charge in [-0.25, -0.2) is 0 Å². The lowest BCUT2D eigenvalue weighted by molar-refractivity contribution is -0.357. The van der Waals surface area contributed by atoms with Crippen LogP contribution in [0.2, 0.25) is 0 Å². The van der Waals surface area contributed by atoms with E-state index in [4.69, 9.17) is 32.8 Å². The van der Waals surface area contributed by atoms with Crippen LogP contribution in [-0.2, 0) is 18.9 Å². The fourth-order valence-electron chi connectivity index (χ4n) is 6.28. The number of ether oxygens (including phenoxy) is 6. The average molecular weight is 773 g/mol. The lowest BCUT2D eigenvalue weighted by Crippen LogP contribution is -2.65. The Labute approximate surface area is 303 Å². The molecule has 4 heterocycles. The topological polar surface area (TPSA) is 349 Å². The molecule has 3 aromatic rings. The van der Waals surface area contributed by atoms with E-state index < -0.39 is 134 Å². The number of rotatable bonds is 10. The number of fused-ring (bicyclic) bond motifs is 1. The maximum atomic E-state index is 14.0. The van der Waals surface area contributed by atoms with Gasteiger partial charge in [-0.15, -0.1) is 0 Å². The van der Waals surface area contributed by atoms with Crippen LogP contribution in [0.15, 0.2) is 45.6 Å². The van der Waals surface area contributed by atoms with Gasteiger partial charge in [0.25, 0.3) is 0 Å². The normalized spacial score (nSPS) is 37.3. The minimum absolute atomic E-state index is 0.101. The van der Waals surface area contributed by atoms with Crippen molar-refractivity contribution < 1.29 is 99.2 Å². The van der Waals surface area contributed by atoms with Gasteiger partial charge >= 0.3 is 0 Å². The van der Waals surface area contributed by atoms with Gasteiger partial charge in [-0.2, -0.15) is 0 Å². The standard InChI is InChI=1S/C33H40O21/c34-7-15-19(39)23(43)26(46)31(50-15)53-29-22(42)18-13(38)5-12(6-14(18)49-28(29)10-1-3-11(37)4-2-10)48-33-30(25(45)21(41)17(9-36)52-33)54-32-27(47)24(44)20(40)16(8-35)51-32/h1-6,15-17,19-21,23-27,30-41,43-47H,7-9H2/t15-,16-,17-,19-,20-,21-,23+,24+,25+,26-,27-,30-,31+,32+,33-/m1/s1. The fourth-order valence-corrected chi connectivity index (χ4v) is 6.28. The molecular formula is C33H40O21. The summed E-state index contributed by atoms with van der Waals surface area (Å²) in [6, 6.07) is 7.09. The van der Waals surface area contributed by atoms with Crippen LogP contribution >= 0.6 is 0 Å². The Morgan fingerprint density at radius 1 is 0.593 bits per heavy atom. The quantitative estimate of drug-likeness (QED) is 0.0918. The van der Waals surface area contributed by atoms with E-state index in [0.29, 0.717) is 0 Å². The zero-order valence-corrected chi connectivity index (χ0v) is 27.8. The first kappa shape index (κ1) is 39.9. The Morgan fingerprint density at radius 2 is 1.11 bits per heavy atom. The van der Waals surface area contributed by atoms with Crippen molar-refractivity contribution in [1.82, 2.24) is 0 Å². The predicted molar refractivity (Wildman–Crippen MR) is 173 cm³/mol. The van der Waals surface area contributed by atoms with Crippen molar-refractivity contribution in [2.75, 3.05) is 19.8 Å². The van der Waals surface area contributed by atoms with Gasteiger partial charge in [0.2, 0.25) is 23.8 Å². The molecule has 0 radical (unpaired) electrons. The summed E-state index contributed by atoms with van der Waals surface area (Å²) in [5.41, 5.74) is -1.33. The van der Waals surface area contributed by atoms with Crippen LogP contribution in [0, 0.1) is 0 Å². The molecule has 13 N–H and O–H groups in total. The monoisotopic (exact) mass is 772 g/mol. The highest BCUT2D eigenvalue weighted by molar-refractivity contribution is 5.88. The summed E-state index contributed by atoms with van der Waals surface area (Å²) in [6.07, 6.45) is -26.5. The predicted octanol–water partition coefficient (Wildman–Crippen LogP) is -4.95. The summed E-state index contributed by atoms with van der Waals surface area (Å²) < 4.78 is 39.6. The molecule has 6 rings (SSSR count). The molecule has 0 bridgehead atoms. The number of phenols is 2. The number of aliphatic hydroxyl groups excluding tert-OH is 11. The molecule has 298 valence electrons. The van der Waals surface area contributed by atoms with Gasteiger partial charge < -0.3 is 99.2 Å². The molecule has 2 aromatic carbocycles. The molecule has 0 amide bonds. The summed E-state index contributed by atoms with van der Waals surface area (Å²) in [5, 5.41) is 133. The molecule has 0 unspecified atom stereocenters. The van der Waals surface area contributed by atoms with E-state index in [1.807, 2.05) is 0 Å². The second kappa shape index (κ2) is 16.2. The third-order valence-electron chi connectivity index (χ3n) is 9.33. The lowest BCUT2D eigenvalue weighted by Gasteiger charge is -2.45. The zero-order valence-electron chi connectivity index (χ0n) is 27.8. The summed E-state index contributed by atoms with van der Waals surface area (Å²) >= 11 is 0. The third-order valence-corrected chi connectivity index (χ3v) is 9.33. The first-order valence-electron chi connectivity index (χ1n) is 16.5. The Hall–Kier alpha value is -3.75. The van der Waals surface area contributed by atoms with E-state index in [-0.39, 0.29) is 28.4 Å². The van der Waals surface area contributed by atoms with E-state index >= 15 is 0 Å². The summed E-state index contributed by atoms with van der Waals surface area (Å²) in [6.45, 7) is -2.46. The molecular weight excluding hydrogens is 732 g/mol. The number of hydrogen-bond acceptors (Lipinski definition) is 21. The van der Waals surface area contributed by atoms with Crippen molar-refractivity contribution >= 4 is 11.0 Å². The molecule has 0 aliphatic carbocycles.